The summed E-state index contributed by atoms with van der Waals surface area (Å²) >= 11 is 1.87. The molecule has 0 amide bonds. The molecular formula is C16H27N2OS+. The Morgan fingerprint density at radius 1 is 1.25 bits per heavy atom. The molecular weight excluding hydrogens is 268 g/mol. The Labute approximate surface area is 127 Å². The van der Waals surface area contributed by atoms with Crippen LogP contribution in [0, 0.1) is 0 Å². The Morgan fingerprint density at radius 3 is 2.45 bits per heavy atom. The van der Waals surface area contributed by atoms with Crippen molar-refractivity contribution in [2.24, 2.45) is 5.16 Å². The predicted molar refractivity (Wildman–Crippen MR) is 87.9 cm³/mol. The maximum Gasteiger partial charge on any atom is 0.122 e. The summed E-state index contributed by atoms with van der Waals surface area (Å²) in [5, 5.41) is 4.79. The number of oxime groups is 1. The Bertz CT molecular complexity index is 413. The third-order valence-electron chi connectivity index (χ3n) is 2.76. The number of benzene rings is 1. The number of rotatable bonds is 8. The third kappa shape index (κ3) is 6.96. The molecule has 0 atom stereocenters. The summed E-state index contributed by atoms with van der Waals surface area (Å²) in [5.74, 6) is 0. The first-order valence-electron chi connectivity index (χ1n) is 7.21. The summed E-state index contributed by atoms with van der Waals surface area (Å²) < 4.78 is 0. The summed E-state index contributed by atoms with van der Waals surface area (Å²) in [6, 6.07) is 8.51. The fourth-order valence-corrected chi connectivity index (χ4v) is 2.57. The number of thioether (sulfide) groups is 1. The Hall–Kier alpha value is -1.00. The molecule has 0 fully saturated rings. The molecule has 0 aliphatic rings. The second-order valence-corrected chi connectivity index (χ2v) is 7.16. The van der Waals surface area contributed by atoms with E-state index < -0.39 is 0 Å². The Balaban J connectivity index is 2.44. The van der Waals surface area contributed by atoms with Gasteiger partial charge in [-0.25, -0.2) is 0 Å². The van der Waals surface area contributed by atoms with Crippen LogP contribution in [0.2, 0.25) is 0 Å². The van der Waals surface area contributed by atoms with Gasteiger partial charge in [0.15, 0.2) is 0 Å². The zero-order chi connectivity index (χ0) is 15.0. The highest BCUT2D eigenvalue weighted by molar-refractivity contribution is 7.99. The molecule has 1 aromatic carbocycles. The van der Waals surface area contributed by atoms with Crippen molar-refractivity contribution in [3.8, 4) is 0 Å². The molecule has 0 saturated heterocycles. The lowest BCUT2D eigenvalue weighted by atomic mass is 10.1. The van der Waals surface area contributed by atoms with Gasteiger partial charge in [0.1, 0.15) is 6.61 Å². The zero-order valence-corrected chi connectivity index (χ0v) is 14.1. The third-order valence-corrected chi connectivity index (χ3v) is 3.77. The highest BCUT2D eigenvalue weighted by Crippen LogP contribution is 2.23. The van der Waals surface area contributed by atoms with Gasteiger partial charge >= 0.3 is 0 Å². The molecule has 0 aliphatic carbocycles. The average molecular weight is 295 g/mol. The smallest absolute Gasteiger partial charge is 0.122 e. The fourth-order valence-electron chi connectivity index (χ4n) is 1.73. The molecule has 0 saturated carbocycles. The molecule has 20 heavy (non-hydrogen) atoms. The first-order chi connectivity index (χ1) is 9.49. The molecule has 112 valence electrons. The number of nitrogens with zero attached hydrogens (tertiary/aromatic N) is 1. The van der Waals surface area contributed by atoms with Crippen molar-refractivity contribution < 1.29 is 9.74 Å². The molecule has 0 radical (unpaired) electrons. The van der Waals surface area contributed by atoms with Crippen LogP contribution >= 0.6 is 11.8 Å². The number of quaternary nitrogens is 1. The minimum absolute atomic E-state index is 0.609. The molecule has 0 heterocycles. The van der Waals surface area contributed by atoms with Gasteiger partial charge in [-0.3, -0.25) is 0 Å². The van der Waals surface area contributed by atoms with Gasteiger partial charge in [-0.1, -0.05) is 31.1 Å². The second kappa shape index (κ2) is 9.03. The summed E-state index contributed by atoms with van der Waals surface area (Å²) in [7, 11) is 4.29. The molecule has 0 bridgehead atoms. The van der Waals surface area contributed by atoms with Gasteiger partial charge in [0.05, 0.1) is 26.4 Å². The van der Waals surface area contributed by atoms with Crippen molar-refractivity contribution in [2.75, 3.05) is 27.2 Å². The molecule has 1 rings (SSSR count). The van der Waals surface area contributed by atoms with Gasteiger partial charge in [-0.2, -0.15) is 0 Å². The quantitative estimate of drug-likeness (QED) is 0.345. The molecule has 1 N–H and O–H groups in total. The van der Waals surface area contributed by atoms with Crippen molar-refractivity contribution in [3.63, 3.8) is 0 Å². The summed E-state index contributed by atoms with van der Waals surface area (Å²) in [6.07, 6.45) is 1.03. The van der Waals surface area contributed by atoms with E-state index in [2.05, 4.69) is 57.4 Å². The van der Waals surface area contributed by atoms with E-state index in [9.17, 15) is 0 Å². The summed E-state index contributed by atoms with van der Waals surface area (Å²) in [6.45, 7) is 8.18. The topological polar surface area (TPSA) is 26.0 Å². The van der Waals surface area contributed by atoms with Crippen molar-refractivity contribution in [2.45, 2.75) is 37.3 Å². The lowest BCUT2D eigenvalue weighted by Crippen LogP contribution is -3.05. The minimum Gasteiger partial charge on any atom is -0.395 e. The van der Waals surface area contributed by atoms with E-state index in [4.69, 9.17) is 4.84 Å². The van der Waals surface area contributed by atoms with Crippen LogP contribution in [0.15, 0.2) is 34.3 Å². The van der Waals surface area contributed by atoms with Crippen LogP contribution in [-0.2, 0) is 4.84 Å². The van der Waals surface area contributed by atoms with E-state index in [0.29, 0.717) is 11.9 Å². The highest BCUT2D eigenvalue weighted by atomic mass is 32.2. The summed E-state index contributed by atoms with van der Waals surface area (Å²) in [4.78, 5) is 8.10. The average Bonchev–Trinajstić information content (AvgIpc) is 2.38. The van der Waals surface area contributed by atoms with Crippen LogP contribution in [0.3, 0.4) is 0 Å². The Morgan fingerprint density at radius 2 is 1.90 bits per heavy atom. The predicted octanol–water partition coefficient (Wildman–Crippen LogP) is 2.46. The first kappa shape index (κ1) is 17.1. The molecule has 4 heteroatoms. The molecule has 0 aliphatic heterocycles. The molecule has 0 unspecified atom stereocenters. The molecule has 1 aromatic rings. The second-order valence-electron chi connectivity index (χ2n) is 5.51. The maximum absolute atomic E-state index is 5.36. The monoisotopic (exact) mass is 295 g/mol. The van der Waals surface area contributed by atoms with Crippen molar-refractivity contribution in [3.05, 3.63) is 29.8 Å². The van der Waals surface area contributed by atoms with Gasteiger partial charge in [0.2, 0.25) is 0 Å². The number of hydrogen-bond acceptors (Lipinski definition) is 3. The lowest BCUT2D eigenvalue weighted by Gasteiger charge is -2.07. The van der Waals surface area contributed by atoms with Crippen molar-refractivity contribution >= 4 is 17.5 Å². The van der Waals surface area contributed by atoms with Crippen LogP contribution in [0.25, 0.3) is 0 Å². The van der Waals surface area contributed by atoms with E-state index in [1.54, 1.807) is 0 Å². The molecule has 0 aromatic heterocycles. The Kier molecular flexibility index (Phi) is 7.70. The van der Waals surface area contributed by atoms with Gasteiger partial charge < -0.3 is 9.74 Å². The van der Waals surface area contributed by atoms with Gasteiger partial charge in [0, 0.05) is 16.6 Å². The van der Waals surface area contributed by atoms with Gasteiger partial charge in [0.25, 0.3) is 0 Å². The molecule has 0 spiro atoms. The van der Waals surface area contributed by atoms with Crippen molar-refractivity contribution in [1.82, 2.24) is 0 Å². The SMILES string of the molecule is C/C(=N/OCCC[NH+](C)C)c1ccc(SC(C)C)cc1. The van der Waals surface area contributed by atoms with Gasteiger partial charge in [-0.05, 0) is 24.6 Å². The van der Waals surface area contributed by atoms with Crippen LogP contribution in [0.1, 0.15) is 32.8 Å². The standard InChI is InChI=1S/C16H26N2OS/c1-13(2)20-16-9-7-15(8-10-16)14(3)17-19-12-6-11-18(4)5/h7-10,13H,6,11-12H2,1-5H3/p+1/b17-14-. The minimum atomic E-state index is 0.609. The van der Waals surface area contributed by atoms with Crippen LogP contribution in [0.5, 0.6) is 0 Å². The fraction of sp³-hybridized carbons (Fsp3) is 0.562. The number of nitrogens with one attached hydrogen (secondary N) is 1. The van der Waals surface area contributed by atoms with Crippen molar-refractivity contribution in [1.29, 1.82) is 0 Å². The van der Waals surface area contributed by atoms with Crippen LogP contribution in [-0.4, -0.2) is 38.2 Å². The zero-order valence-electron chi connectivity index (χ0n) is 13.3. The first-order valence-corrected chi connectivity index (χ1v) is 8.09. The molecule has 3 nitrogen and oxygen atoms in total. The van der Waals surface area contributed by atoms with E-state index in [1.165, 1.54) is 9.80 Å². The normalized spacial score (nSPS) is 12.2. The van der Waals surface area contributed by atoms with E-state index in [-0.39, 0.29) is 0 Å². The van der Waals surface area contributed by atoms with Crippen LogP contribution < -0.4 is 4.90 Å². The van der Waals surface area contributed by atoms with Crippen LogP contribution in [0.4, 0.5) is 0 Å². The van der Waals surface area contributed by atoms with E-state index >= 15 is 0 Å². The van der Waals surface area contributed by atoms with E-state index in [0.717, 1.165) is 24.2 Å². The largest absolute Gasteiger partial charge is 0.395 e. The summed E-state index contributed by atoms with van der Waals surface area (Å²) in [5.41, 5.74) is 2.06. The van der Waals surface area contributed by atoms with Gasteiger partial charge in [-0.15, -0.1) is 11.8 Å². The maximum atomic E-state index is 5.36. The highest BCUT2D eigenvalue weighted by Gasteiger charge is 2.01. The van der Waals surface area contributed by atoms with E-state index in [1.807, 2.05) is 18.7 Å². The number of hydrogen-bond donors (Lipinski definition) is 1. The lowest BCUT2D eigenvalue weighted by molar-refractivity contribution is -0.858.